The number of likely N-dealkylation sites (tertiary alicyclic amines) is 1. The third-order valence-corrected chi connectivity index (χ3v) is 8.09. The highest BCUT2D eigenvalue weighted by atomic mass is 16.5. The van der Waals surface area contributed by atoms with Crippen molar-refractivity contribution >= 4 is 17.7 Å². The second kappa shape index (κ2) is 10.5. The Bertz CT molecular complexity index is 1110. The summed E-state index contributed by atoms with van der Waals surface area (Å²) < 4.78 is 5.86. The smallest absolute Gasteiger partial charge is 0.241 e. The summed E-state index contributed by atoms with van der Waals surface area (Å²) in [5.41, 5.74) is 1.28. The molecule has 1 saturated carbocycles. The number of aromatic nitrogens is 1. The Hall–Kier alpha value is -3.06. The molecule has 2 aromatic rings. The number of benzene rings is 1. The predicted molar refractivity (Wildman–Crippen MR) is 135 cm³/mol. The van der Waals surface area contributed by atoms with E-state index in [-0.39, 0.29) is 43.2 Å². The van der Waals surface area contributed by atoms with Crippen molar-refractivity contribution in [3.05, 3.63) is 65.5 Å². The molecule has 0 N–H and O–H groups in total. The first kappa shape index (κ1) is 24.6. The van der Waals surface area contributed by atoms with Gasteiger partial charge in [-0.1, -0.05) is 36.8 Å². The molecule has 7 nitrogen and oxygen atoms in total. The maximum atomic E-state index is 14.1. The largest absolute Gasteiger partial charge is 0.376 e. The molecule has 7 heteroatoms. The number of carbonyl (C=O) groups is 3. The molecule has 5 rings (SSSR count). The van der Waals surface area contributed by atoms with E-state index in [1.54, 1.807) is 18.5 Å². The van der Waals surface area contributed by atoms with Crippen molar-refractivity contribution < 1.29 is 19.1 Å². The molecule has 3 fully saturated rings. The maximum absolute atomic E-state index is 14.1. The summed E-state index contributed by atoms with van der Waals surface area (Å²) in [4.78, 5) is 48.7. The van der Waals surface area contributed by atoms with E-state index in [0.717, 1.165) is 49.0 Å². The predicted octanol–water partition coefficient (Wildman–Crippen LogP) is 3.78. The molecule has 36 heavy (non-hydrogen) atoms. The zero-order chi connectivity index (χ0) is 25.1. The molecule has 2 aliphatic heterocycles. The first-order chi connectivity index (χ1) is 17.5. The molecule has 2 atom stereocenters. The Balaban J connectivity index is 1.45. The minimum atomic E-state index is -1.20. The van der Waals surface area contributed by atoms with E-state index in [2.05, 4.69) is 4.98 Å². The fraction of sp³-hybridized carbons (Fsp3) is 0.517. The average Bonchev–Trinajstić information content (AvgIpc) is 3.44. The van der Waals surface area contributed by atoms with Crippen LogP contribution in [0.15, 0.2) is 48.8 Å². The first-order valence-corrected chi connectivity index (χ1v) is 13.2. The molecule has 190 valence electrons. The molecule has 0 bridgehead atoms. The lowest BCUT2D eigenvalue weighted by Gasteiger charge is -2.36. The number of pyridine rings is 1. The third-order valence-electron chi connectivity index (χ3n) is 8.09. The lowest BCUT2D eigenvalue weighted by atomic mass is 9.73. The summed E-state index contributed by atoms with van der Waals surface area (Å²) >= 11 is 0. The van der Waals surface area contributed by atoms with Gasteiger partial charge in [-0.15, -0.1) is 0 Å². The van der Waals surface area contributed by atoms with Crippen LogP contribution in [0.3, 0.4) is 0 Å². The summed E-state index contributed by atoms with van der Waals surface area (Å²) in [5.74, 6) is -0.0953. The maximum Gasteiger partial charge on any atom is 0.241 e. The van der Waals surface area contributed by atoms with Crippen LogP contribution >= 0.6 is 0 Å². The minimum absolute atomic E-state index is 0.000113. The molecule has 1 aliphatic carbocycles. The second-order valence-corrected chi connectivity index (χ2v) is 10.6. The summed E-state index contributed by atoms with van der Waals surface area (Å²) in [6.45, 7) is 4.10. The number of hydrogen-bond donors (Lipinski definition) is 0. The molecule has 0 unspecified atom stereocenters. The van der Waals surface area contributed by atoms with Crippen molar-refractivity contribution in [2.24, 2.45) is 5.92 Å². The molecule has 0 spiro atoms. The van der Waals surface area contributed by atoms with E-state index < -0.39 is 5.41 Å². The Morgan fingerprint density at radius 2 is 1.94 bits per heavy atom. The molecule has 3 amide bonds. The number of rotatable bonds is 9. The van der Waals surface area contributed by atoms with Crippen molar-refractivity contribution in [3.63, 3.8) is 0 Å². The van der Waals surface area contributed by atoms with E-state index in [1.165, 1.54) is 11.3 Å². The number of ether oxygens (including phenoxy) is 1. The van der Waals surface area contributed by atoms with E-state index in [4.69, 9.17) is 4.74 Å². The van der Waals surface area contributed by atoms with Gasteiger partial charge in [0.25, 0.3) is 0 Å². The number of carbonyl (C=O) groups excluding carboxylic acids is 3. The Labute approximate surface area is 212 Å². The van der Waals surface area contributed by atoms with Gasteiger partial charge in [0.1, 0.15) is 0 Å². The highest BCUT2D eigenvalue weighted by Crippen LogP contribution is 2.42. The first-order valence-electron chi connectivity index (χ1n) is 13.2. The summed E-state index contributed by atoms with van der Waals surface area (Å²) in [6, 6.07) is 11.3. The molecular formula is C29H35N3O4. The van der Waals surface area contributed by atoms with Crippen molar-refractivity contribution in [3.8, 4) is 0 Å². The van der Waals surface area contributed by atoms with Gasteiger partial charge in [0.2, 0.25) is 17.7 Å². The lowest BCUT2D eigenvalue weighted by molar-refractivity contribution is -0.144. The van der Waals surface area contributed by atoms with Crippen molar-refractivity contribution in [1.29, 1.82) is 0 Å². The van der Waals surface area contributed by atoms with E-state index in [9.17, 15) is 14.4 Å². The number of aryl methyl sites for hydroxylation is 1. The van der Waals surface area contributed by atoms with Crippen LogP contribution in [0.4, 0.5) is 0 Å². The zero-order valence-electron chi connectivity index (χ0n) is 21.0. The Morgan fingerprint density at radius 1 is 1.11 bits per heavy atom. The summed E-state index contributed by atoms with van der Waals surface area (Å²) in [5, 5.41) is 0. The van der Waals surface area contributed by atoms with Crippen molar-refractivity contribution in [2.45, 2.75) is 69.9 Å². The topological polar surface area (TPSA) is 79.8 Å². The SMILES string of the molecule is Cc1ccccc1[C@@]1(CC(=O)N(CC2CCC2)C[C@@H]2CCCO2)CC(=O)N(Cc2cccnc2)C1=O. The quantitative estimate of drug-likeness (QED) is 0.501. The van der Waals surface area contributed by atoms with Crippen LogP contribution in [0.2, 0.25) is 0 Å². The van der Waals surface area contributed by atoms with Gasteiger partial charge in [0.05, 0.1) is 18.1 Å². The normalized spacial score (nSPS) is 24.2. The molecule has 3 heterocycles. The van der Waals surface area contributed by atoms with Crippen LogP contribution in [0, 0.1) is 12.8 Å². The second-order valence-electron chi connectivity index (χ2n) is 10.6. The fourth-order valence-electron chi connectivity index (χ4n) is 5.86. The zero-order valence-corrected chi connectivity index (χ0v) is 21.0. The van der Waals surface area contributed by atoms with Gasteiger partial charge in [0.15, 0.2) is 0 Å². The number of imide groups is 1. The third kappa shape index (κ3) is 4.94. The fourth-order valence-corrected chi connectivity index (χ4v) is 5.86. The van der Waals surface area contributed by atoms with Crippen LogP contribution in [-0.4, -0.2) is 58.3 Å². The molecule has 1 aromatic heterocycles. The van der Waals surface area contributed by atoms with Crippen LogP contribution in [0.1, 0.15) is 61.6 Å². The van der Waals surface area contributed by atoms with E-state index in [0.29, 0.717) is 19.0 Å². The van der Waals surface area contributed by atoms with Gasteiger partial charge in [-0.05, 0) is 61.3 Å². The number of amides is 3. The van der Waals surface area contributed by atoms with E-state index in [1.807, 2.05) is 42.2 Å². The Kier molecular flexibility index (Phi) is 7.19. The highest BCUT2D eigenvalue weighted by Gasteiger charge is 2.54. The van der Waals surface area contributed by atoms with Crippen LogP contribution in [-0.2, 0) is 31.1 Å². The molecular weight excluding hydrogens is 454 g/mol. The van der Waals surface area contributed by atoms with Crippen LogP contribution in [0.5, 0.6) is 0 Å². The van der Waals surface area contributed by atoms with Gasteiger partial charge in [-0.25, -0.2) is 0 Å². The lowest BCUT2D eigenvalue weighted by Crippen LogP contribution is -2.47. The summed E-state index contributed by atoms with van der Waals surface area (Å²) in [6.07, 6.45) is 8.81. The van der Waals surface area contributed by atoms with Gasteiger partial charge in [-0.3, -0.25) is 24.3 Å². The average molecular weight is 490 g/mol. The van der Waals surface area contributed by atoms with E-state index >= 15 is 0 Å². The highest BCUT2D eigenvalue weighted by molar-refractivity contribution is 6.10. The molecule has 1 aromatic carbocycles. The molecule has 3 aliphatic rings. The standard InChI is InChI=1S/C29H35N3O4/c1-21-7-2-3-12-25(21)29(16-27(34)32(28(29)35)19-23-10-5-13-30-17-23)15-26(33)31(18-22-8-4-9-22)20-24-11-6-14-36-24/h2-3,5,7,10,12-13,17,22,24H,4,6,8-9,11,14-16,18-20H2,1H3/t24-,29+/m0/s1. The molecule has 0 radical (unpaired) electrons. The minimum Gasteiger partial charge on any atom is -0.376 e. The van der Waals surface area contributed by atoms with Gasteiger partial charge in [0, 0.05) is 44.9 Å². The van der Waals surface area contributed by atoms with Crippen LogP contribution < -0.4 is 0 Å². The Morgan fingerprint density at radius 3 is 2.61 bits per heavy atom. The van der Waals surface area contributed by atoms with Gasteiger partial charge in [-0.2, -0.15) is 0 Å². The number of hydrogen-bond acceptors (Lipinski definition) is 5. The monoisotopic (exact) mass is 489 g/mol. The van der Waals surface area contributed by atoms with Crippen LogP contribution in [0.25, 0.3) is 0 Å². The van der Waals surface area contributed by atoms with Gasteiger partial charge < -0.3 is 9.64 Å². The van der Waals surface area contributed by atoms with Crippen molar-refractivity contribution in [2.75, 3.05) is 19.7 Å². The van der Waals surface area contributed by atoms with Gasteiger partial charge >= 0.3 is 0 Å². The summed E-state index contributed by atoms with van der Waals surface area (Å²) in [7, 11) is 0. The van der Waals surface area contributed by atoms with Crippen molar-refractivity contribution in [1.82, 2.24) is 14.8 Å². The number of nitrogens with zero attached hydrogens (tertiary/aromatic N) is 3. The molecule has 2 saturated heterocycles.